The maximum atomic E-state index is 13.2. The summed E-state index contributed by atoms with van der Waals surface area (Å²) in [5.74, 6) is -0.765. The maximum absolute atomic E-state index is 13.2. The molecule has 1 N–H and O–H groups in total. The van der Waals surface area contributed by atoms with E-state index in [0.717, 1.165) is 0 Å². The van der Waals surface area contributed by atoms with Gasteiger partial charge in [0.25, 0.3) is 0 Å². The summed E-state index contributed by atoms with van der Waals surface area (Å²) in [5, 5.41) is 10.6. The number of aliphatic hydroxyl groups is 1. The Bertz CT molecular complexity index is 576. The highest BCUT2D eigenvalue weighted by atomic mass is 19.1. The first-order valence-electron chi connectivity index (χ1n) is 5.66. The van der Waals surface area contributed by atoms with Gasteiger partial charge in [-0.3, -0.25) is 0 Å². The molecule has 0 aliphatic heterocycles. The van der Waals surface area contributed by atoms with E-state index in [9.17, 15) is 13.9 Å². The lowest BCUT2D eigenvalue weighted by molar-refractivity contribution is 0.101. The fraction of sp³-hybridized carbons (Fsp3) is 0.200. The van der Waals surface area contributed by atoms with Crippen LogP contribution in [0, 0.1) is 18.6 Å². The first kappa shape index (κ1) is 12.7. The van der Waals surface area contributed by atoms with Crippen LogP contribution in [0.3, 0.4) is 0 Å². The molecule has 0 spiro atoms. The van der Waals surface area contributed by atoms with Crippen molar-refractivity contribution in [1.29, 1.82) is 0 Å². The molecule has 0 fully saturated rings. The summed E-state index contributed by atoms with van der Waals surface area (Å²) >= 11 is 0. The van der Waals surface area contributed by atoms with E-state index in [1.54, 1.807) is 19.9 Å². The standard InChI is InChI=1S/C15H14F2O/c1-10-8-13(17)6-7-14(10)15(2,18)11-4-3-5-12(16)9-11/h3-9,18H,1-2H3. The zero-order valence-corrected chi connectivity index (χ0v) is 10.2. The molecule has 0 aliphatic carbocycles. The number of halogens is 2. The molecule has 0 aliphatic rings. The van der Waals surface area contributed by atoms with Crippen molar-refractivity contribution in [1.82, 2.24) is 0 Å². The van der Waals surface area contributed by atoms with Gasteiger partial charge in [0.2, 0.25) is 0 Å². The molecule has 0 heterocycles. The molecule has 1 atom stereocenters. The van der Waals surface area contributed by atoms with Crippen molar-refractivity contribution in [2.75, 3.05) is 0 Å². The van der Waals surface area contributed by atoms with E-state index < -0.39 is 11.4 Å². The number of aryl methyl sites for hydroxylation is 1. The molecular formula is C15H14F2O. The van der Waals surface area contributed by atoms with Gasteiger partial charge in [0.05, 0.1) is 0 Å². The lowest BCUT2D eigenvalue weighted by Gasteiger charge is -2.26. The predicted molar refractivity (Wildman–Crippen MR) is 66.2 cm³/mol. The van der Waals surface area contributed by atoms with Crippen LogP contribution in [0.5, 0.6) is 0 Å². The quantitative estimate of drug-likeness (QED) is 0.862. The maximum Gasteiger partial charge on any atom is 0.123 e. The van der Waals surface area contributed by atoms with Gasteiger partial charge in [-0.25, -0.2) is 8.78 Å². The average molecular weight is 248 g/mol. The van der Waals surface area contributed by atoms with Gasteiger partial charge in [-0.15, -0.1) is 0 Å². The highest BCUT2D eigenvalue weighted by molar-refractivity contribution is 5.40. The van der Waals surface area contributed by atoms with Crippen molar-refractivity contribution in [2.24, 2.45) is 0 Å². The Morgan fingerprint density at radius 3 is 2.28 bits per heavy atom. The van der Waals surface area contributed by atoms with Crippen molar-refractivity contribution >= 4 is 0 Å². The van der Waals surface area contributed by atoms with Crippen LogP contribution < -0.4 is 0 Å². The number of hydrogen-bond donors (Lipinski definition) is 1. The number of benzene rings is 2. The number of rotatable bonds is 2. The van der Waals surface area contributed by atoms with Crippen LogP contribution in [-0.4, -0.2) is 5.11 Å². The molecule has 2 aromatic carbocycles. The topological polar surface area (TPSA) is 20.2 Å². The van der Waals surface area contributed by atoms with E-state index in [2.05, 4.69) is 0 Å². The molecule has 0 radical (unpaired) electrons. The van der Waals surface area contributed by atoms with E-state index in [1.807, 2.05) is 0 Å². The number of hydrogen-bond acceptors (Lipinski definition) is 1. The minimum Gasteiger partial charge on any atom is -0.381 e. The fourth-order valence-corrected chi connectivity index (χ4v) is 2.12. The third-order valence-corrected chi connectivity index (χ3v) is 3.10. The van der Waals surface area contributed by atoms with Gasteiger partial charge in [0, 0.05) is 0 Å². The molecule has 0 saturated heterocycles. The second-order valence-electron chi connectivity index (χ2n) is 4.54. The van der Waals surface area contributed by atoms with Crippen LogP contribution in [0.2, 0.25) is 0 Å². The Balaban J connectivity index is 2.53. The molecule has 0 amide bonds. The summed E-state index contributed by atoms with van der Waals surface area (Å²) in [7, 11) is 0. The molecule has 3 heteroatoms. The Hall–Kier alpha value is -1.74. The van der Waals surface area contributed by atoms with Crippen molar-refractivity contribution < 1.29 is 13.9 Å². The second kappa shape index (κ2) is 4.50. The Morgan fingerprint density at radius 2 is 1.67 bits per heavy atom. The molecule has 1 nitrogen and oxygen atoms in total. The van der Waals surface area contributed by atoms with Gasteiger partial charge in [0.15, 0.2) is 0 Å². The van der Waals surface area contributed by atoms with Gasteiger partial charge >= 0.3 is 0 Å². The van der Waals surface area contributed by atoms with Crippen molar-refractivity contribution in [3.8, 4) is 0 Å². The zero-order chi connectivity index (χ0) is 13.3. The molecule has 1 unspecified atom stereocenters. The molecule has 94 valence electrons. The lowest BCUT2D eigenvalue weighted by atomic mass is 9.85. The van der Waals surface area contributed by atoms with E-state index in [4.69, 9.17) is 0 Å². The smallest absolute Gasteiger partial charge is 0.123 e. The zero-order valence-electron chi connectivity index (χ0n) is 10.2. The van der Waals surface area contributed by atoms with Gasteiger partial charge < -0.3 is 5.11 Å². The van der Waals surface area contributed by atoms with Crippen molar-refractivity contribution in [3.05, 3.63) is 70.8 Å². The molecule has 0 saturated carbocycles. The highest BCUT2D eigenvalue weighted by Gasteiger charge is 2.27. The van der Waals surface area contributed by atoms with Gasteiger partial charge in [0.1, 0.15) is 17.2 Å². The summed E-state index contributed by atoms with van der Waals surface area (Å²) in [6.07, 6.45) is 0. The van der Waals surface area contributed by atoms with Crippen LogP contribution >= 0.6 is 0 Å². The molecule has 2 rings (SSSR count). The summed E-state index contributed by atoms with van der Waals surface area (Å²) in [6, 6.07) is 9.94. The normalized spacial score (nSPS) is 14.3. The van der Waals surface area contributed by atoms with E-state index in [-0.39, 0.29) is 5.82 Å². The summed E-state index contributed by atoms with van der Waals surface area (Å²) in [4.78, 5) is 0. The van der Waals surface area contributed by atoms with Crippen molar-refractivity contribution in [2.45, 2.75) is 19.4 Å². The summed E-state index contributed by atoms with van der Waals surface area (Å²) < 4.78 is 26.3. The largest absolute Gasteiger partial charge is 0.381 e. The molecule has 0 bridgehead atoms. The molecular weight excluding hydrogens is 234 g/mol. The van der Waals surface area contributed by atoms with Gasteiger partial charge in [-0.2, -0.15) is 0 Å². The fourth-order valence-electron chi connectivity index (χ4n) is 2.12. The van der Waals surface area contributed by atoms with Crippen LogP contribution in [0.1, 0.15) is 23.6 Å². The minimum absolute atomic E-state index is 0.355. The molecule has 0 aromatic heterocycles. The van der Waals surface area contributed by atoms with E-state index in [1.165, 1.54) is 36.4 Å². The third kappa shape index (κ3) is 2.27. The lowest BCUT2D eigenvalue weighted by Crippen LogP contribution is -2.24. The molecule has 18 heavy (non-hydrogen) atoms. The first-order valence-corrected chi connectivity index (χ1v) is 5.66. The van der Waals surface area contributed by atoms with Gasteiger partial charge in [-0.05, 0) is 54.8 Å². The van der Waals surface area contributed by atoms with Crippen LogP contribution in [0.4, 0.5) is 8.78 Å². The monoisotopic (exact) mass is 248 g/mol. The molecule has 2 aromatic rings. The first-order chi connectivity index (χ1) is 8.41. The Kier molecular flexibility index (Phi) is 3.18. The Morgan fingerprint density at radius 1 is 1.00 bits per heavy atom. The van der Waals surface area contributed by atoms with Crippen LogP contribution in [0.15, 0.2) is 42.5 Å². The Labute approximate surface area is 105 Å². The van der Waals surface area contributed by atoms with Crippen molar-refractivity contribution in [3.63, 3.8) is 0 Å². The van der Waals surface area contributed by atoms with E-state index in [0.29, 0.717) is 16.7 Å². The third-order valence-electron chi connectivity index (χ3n) is 3.10. The van der Waals surface area contributed by atoms with Crippen LogP contribution in [0.25, 0.3) is 0 Å². The van der Waals surface area contributed by atoms with Crippen LogP contribution in [-0.2, 0) is 5.60 Å². The van der Waals surface area contributed by atoms with E-state index >= 15 is 0 Å². The second-order valence-corrected chi connectivity index (χ2v) is 4.54. The predicted octanol–water partition coefficient (Wildman–Crippen LogP) is 3.53. The summed E-state index contributed by atoms with van der Waals surface area (Å²) in [6.45, 7) is 3.29. The minimum atomic E-state index is -1.35. The average Bonchev–Trinajstić information content (AvgIpc) is 2.28. The SMILES string of the molecule is Cc1cc(F)ccc1C(C)(O)c1cccc(F)c1. The highest BCUT2D eigenvalue weighted by Crippen LogP contribution is 2.31. The van der Waals surface area contributed by atoms with Gasteiger partial charge in [-0.1, -0.05) is 18.2 Å². The summed E-state index contributed by atoms with van der Waals surface area (Å²) in [5.41, 5.74) is 0.288.